The van der Waals surface area contributed by atoms with Crippen molar-refractivity contribution >= 4 is 5.91 Å². The zero-order chi connectivity index (χ0) is 15.8. The Labute approximate surface area is 123 Å². The Kier molecular flexibility index (Phi) is 8.32. The molecule has 0 aromatic carbocycles. The van der Waals surface area contributed by atoms with Crippen molar-refractivity contribution in [3.05, 3.63) is 0 Å². The Bertz CT molecular complexity index is 277. The lowest BCUT2D eigenvalue weighted by Gasteiger charge is -2.32. The molecule has 5 heteroatoms. The number of nitrogens with one attached hydrogen (secondary N) is 1. The first-order chi connectivity index (χ1) is 9.12. The molecule has 0 aliphatic rings. The lowest BCUT2D eigenvalue weighted by Crippen LogP contribution is -2.50. The first-order valence-electron chi connectivity index (χ1n) is 7.37. The van der Waals surface area contributed by atoms with Gasteiger partial charge in [-0.15, -0.1) is 0 Å². The van der Waals surface area contributed by atoms with Crippen LogP contribution in [0.15, 0.2) is 0 Å². The van der Waals surface area contributed by atoms with Crippen molar-refractivity contribution in [2.45, 2.75) is 59.5 Å². The summed E-state index contributed by atoms with van der Waals surface area (Å²) >= 11 is 0. The van der Waals surface area contributed by atoms with Gasteiger partial charge in [-0.05, 0) is 34.1 Å². The number of hydrogen-bond acceptors (Lipinski definition) is 4. The number of rotatable bonds is 10. The lowest BCUT2D eigenvalue weighted by atomic mass is 9.79. The largest absolute Gasteiger partial charge is 0.380 e. The number of carbonyl (C=O) groups excluding carboxylic acids is 1. The summed E-state index contributed by atoms with van der Waals surface area (Å²) in [5.74, 6) is -0.0135. The molecular weight excluding hydrogens is 256 g/mol. The van der Waals surface area contributed by atoms with E-state index in [1.54, 1.807) is 0 Å². The van der Waals surface area contributed by atoms with E-state index in [1.807, 2.05) is 41.5 Å². The summed E-state index contributed by atoms with van der Waals surface area (Å²) in [6.45, 7) is 13.7. The number of hydrogen-bond donors (Lipinski definition) is 2. The molecule has 0 atom stereocenters. The van der Waals surface area contributed by atoms with Gasteiger partial charge in [0.25, 0.3) is 0 Å². The van der Waals surface area contributed by atoms with E-state index in [0.717, 1.165) is 0 Å². The quantitative estimate of drug-likeness (QED) is 0.641. The van der Waals surface area contributed by atoms with E-state index in [2.05, 4.69) is 5.32 Å². The van der Waals surface area contributed by atoms with E-state index in [-0.39, 0.29) is 17.5 Å². The Balaban J connectivity index is 4.55. The molecule has 0 aliphatic carbocycles. The molecule has 0 aromatic rings. The Hall–Kier alpha value is -0.650. The van der Waals surface area contributed by atoms with Crippen LogP contribution in [0.3, 0.4) is 0 Å². The van der Waals surface area contributed by atoms with Crippen molar-refractivity contribution in [2.24, 2.45) is 11.1 Å². The van der Waals surface area contributed by atoms with Gasteiger partial charge in [-0.25, -0.2) is 0 Å². The van der Waals surface area contributed by atoms with E-state index < -0.39 is 5.41 Å². The predicted octanol–water partition coefficient (Wildman–Crippen LogP) is 1.70. The van der Waals surface area contributed by atoms with Gasteiger partial charge in [0.1, 0.15) is 0 Å². The van der Waals surface area contributed by atoms with E-state index in [9.17, 15) is 4.79 Å². The summed E-state index contributed by atoms with van der Waals surface area (Å²) < 4.78 is 10.8. The van der Waals surface area contributed by atoms with Crippen LogP contribution in [0.1, 0.15) is 48.0 Å². The third kappa shape index (κ3) is 8.51. The topological polar surface area (TPSA) is 73.6 Å². The van der Waals surface area contributed by atoms with Crippen molar-refractivity contribution in [3.8, 4) is 0 Å². The van der Waals surface area contributed by atoms with E-state index in [4.69, 9.17) is 15.2 Å². The van der Waals surface area contributed by atoms with Crippen LogP contribution in [0.25, 0.3) is 0 Å². The normalized spacial score (nSPS) is 12.8. The second kappa shape index (κ2) is 8.60. The summed E-state index contributed by atoms with van der Waals surface area (Å²) in [5, 5.41) is 3.00. The summed E-state index contributed by atoms with van der Waals surface area (Å²) in [6, 6.07) is -0.123. The smallest absolute Gasteiger partial charge is 0.226 e. The van der Waals surface area contributed by atoms with Gasteiger partial charge >= 0.3 is 0 Å². The molecule has 0 aromatic heterocycles. The molecule has 0 radical (unpaired) electrons. The standard InChI is InChI=1S/C15H32N2O3/c1-7-19-9-12(10-20-8-2)17-13(18)14(3,4)11-15(5,6)16/h12H,7-11,16H2,1-6H3,(H,17,18). The minimum Gasteiger partial charge on any atom is -0.380 e. The fourth-order valence-corrected chi connectivity index (χ4v) is 2.25. The molecule has 3 N–H and O–H groups in total. The molecule has 0 heterocycles. The van der Waals surface area contributed by atoms with Gasteiger partial charge in [0.2, 0.25) is 5.91 Å². The highest BCUT2D eigenvalue weighted by Crippen LogP contribution is 2.26. The van der Waals surface area contributed by atoms with Crippen molar-refractivity contribution in [3.63, 3.8) is 0 Å². The molecule has 0 saturated carbocycles. The molecule has 1 amide bonds. The first kappa shape index (κ1) is 19.4. The molecular formula is C15H32N2O3. The van der Waals surface area contributed by atoms with Gasteiger partial charge < -0.3 is 20.5 Å². The molecule has 0 unspecified atom stereocenters. The average molecular weight is 288 g/mol. The van der Waals surface area contributed by atoms with Crippen molar-refractivity contribution < 1.29 is 14.3 Å². The van der Waals surface area contributed by atoms with Crippen LogP contribution in [0.5, 0.6) is 0 Å². The van der Waals surface area contributed by atoms with Gasteiger partial charge in [0.15, 0.2) is 0 Å². The van der Waals surface area contributed by atoms with Gasteiger partial charge in [-0.3, -0.25) is 4.79 Å². The second-order valence-electron chi connectivity index (χ2n) is 6.54. The molecule has 0 spiro atoms. The van der Waals surface area contributed by atoms with Gasteiger partial charge in [0, 0.05) is 24.2 Å². The fourth-order valence-electron chi connectivity index (χ4n) is 2.25. The van der Waals surface area contributed by atoms with Crippen LogP contribution in [0, 0.1) is 5.41 Å². The lowest BCUT2D eigenvalue weighted by molar-refractivity contribution is -0.132. The molecule has 0 fully saturated rings. The highest BCUT2D eigenvalue weighted by Gasteiger charge is 2.33. The van der Waals surface area contributed by atoms with Gasteiger partial charge in [-0.1, -0.05) is 13.8 Å². The monoisotopic (exact) mass is 288 g/mol. The van der Waals surface area contributed by atoms with Crippen LogP contribution in [0.4, 0.5) is 0 Å². The van der Waals surface area contributed by atoms with Crippen LogP contribution < -0.4 is 11.1 Å². The van der Waals surface area contributed by atoms with Crippen LogP contribution in [-0.2, 0) is 14.3 Å². The highest BCUT2D eigenvalue weighted by atomic mass is 16.5. The van der Waals surface area contributed by atoms with Crippen molar-refractivity contribution in [1.29, 1.82) is 0 Å². The van der Waals surface area contributed by atoms with Crippen molar-refractivity contribution in [1.82, 2.24) is 5.32 Å². The summed E-state index contributed by atoms with van der Waals surface area (Å²) in [5.41, 5.74) is 5.12. The Morgan fingerprint density at radius 3 is 1.90 bits per heavy atom. The third-order valence-electron chi connectivity index (χ3n) is 2.89. The van der Waals surface area contributed by atoms with Gasteiger partial charge in [-0.2, -0.15) is 0 Å². The summed E-state index contributed by atoms with van der Waals surface area (Å²) in [7, 11) is 0. The van der Waals surface area contributed by atoms with Crippen molar-refractivity contribution in [2.75, 3.05) is 26.4 Å². The van der Waals surface area contributed by atoms with E-state index >= 15 is 0 Å². The van der Waals surface area contributed by atoms with Crippen LogP contribution >= 0.6 is 0 Å². The predicted molar refractivity (Wildman–Crippen MR) is 81.6 cm³/mol. The molecule has 0 saturated heterocycles. The molecule has 5 nitrogen and oxygen atoms in total. The fraction of sp³-hybridized carbons (Fsp3) is 0.933. The van der Waals surface area contributed by atoms with E-state index in [0.29, 0.717) is 32.8 Å². The zero-order valence-corrected chi connectivity index (χ0v) is 13.9. The molecule has 0 rings (SSSR count). The summed E-state index contributed by atoms with van der Waals surface area (Å²) in [4.78, 5) is 12.4. The maximum atomic E-state index is 12.4. The maximum Gasteiger partial charge on any atom is 0.226 e. The molecule has 120 valence electrons. The van der Waals surface area contributed by atoms with Gasteiger partial charge in [0.05, 0.1) is 19.3 Å². The first-order valence-corrected chi connectivity index (χ1v) is 7.37. The van der Waals surface area contributed by atoms with E-state index in [1.165, 1.54) is 0 Å². The molecule has 0 aliphatic heterocycles. The second-order valence-corrected chi connectivity index (χ2v) is 6.54. The van der Waals surface area contributed by atoms with Crippen LogP contribution in [-0.4, -0.2) is 43.9 Å². The minimum absolute atomic E-state index is 0.0135. The third-order valence-corrected chi connectivity index (χ3v) is 2.89. The zero-order valence-electron chi connectivity index (χ0n) is 13.9. The number of carbonyl (C=O) groups is 1. The SMILES string of the molecule is CCOCC(COCC)NC(=O)C(C)(C)CC(C)(C)N. The highest BCUT2D eigenvalue weighted by molar-refractivity contribution is 5.82. The molecule has 0 bridgehead atoms. The minimum atomic E-state index is -0.519. The van der Waals surface area contributed by atoms with Crippen LogP contribution in [0.2, 0.25) is 0 Å². The number of ether oxygens (including phenoxy) is 2. The Morgan fingerprint density at radius 2 is 1.55 bits per heavy atom. The number of amides is 1. The maximum absolute atomic E-state index is 12.4. The summed E-state index contributed by atoms with van der Waals surface area (Å²) in [6.07, 6.45) is 0.613. The Morgan fingerprint density at radius 1 is 1.10 bits per heavy atom. The number of nitrogens with two attached hydrogens (primary N) is 1. The average Bonchev–Trinajstić information content (AvgIpc) is 2.29. The molecule has 20 heavy (non-hydrogen) atoms.